The smallest absolute Gasteiger partial charge is 0.284 e. The minimum atomic E-state index is -0.526. The average Bonchev–Trinajstić information content (AvgIpc) is 2.07. The van der Waals surface area contributed by atoms with Crippen molar-refractivity contribution in [1.82, 2.24) is 0 Å². The van der Waals surface area contributed by atoms with Crippen LogP contribution in [0.15, 0.2) is 12.1 Å². The van der Waals surface area contributed by atoms with Crippen LogP contribution in [0.2, 0.25) is 0 Å². The summed E-state index contributed by atoms with van der Waals surface area (Å²) in [6.45, 7) is 1.37. The van der Waals surface area contributed by atoms with E-state index in [0.717, 1.165) is 0 Å². The Morgan fingerprint density at radius 2 is 2.14 bits per heavy atom. The molecule has 0 unspecified atom stereocenters. The molecule has 0 aromatic heterocycles. The molecule has 14 heavy (non-hydrogen) atoms. The topological polar surface area (TPSA) is 86.2 Å². The number of nitrogens with zero attached hydrogens (tertiary/aromatic N) is 1. The Bertz CT molecular complexity index is 378. The molecule has 0 spiro atoms. The zero-order valence-electron chi connectivity index (χ0n) is 7.28. The number of nitrogens with two attached hydrogens (primary N) is 1. The quantitative estimate of drug-likeness (QED) is 0.298. The van der Waals surface area contributed by atoms with Gasteiger partial charge >= 0.3 is 0 Å². The lowest BCUT2D eigenvalue weighted by molar-refractivity contribution is -0.385. The lowest BCUT2D eigenvalue weighted by Crippen LogP contribution is -2.02. The fraction of sp³-hybridized carbons (Fsp3) is 0.125. The van der Waals surface area contributed by atoms with Crippen molar-refractivity contribution in [3.63, 3.8) is 0 Å². The third kappa shape index (κ3) is 2.00. The van der Waals surface area contributed by atoms with E-state index in [-0.39, 0.29) is 17.2 Å². The molecule has 0 bridgehead atoms. The molecule has 0 aliphatic heterocycles. The Labute approximate surface area is 93.6 Å². The van der Waals surface area contributed by atoms with Gasteiger partial charge in [-0.3, -0.25) is 14.9 Å². The second kappa shape index (κ2) is 3.91. The van der Waals surface area contributed by atoms with E-state index in [2.05, 4.69) is 0 Å². The number of benzene rings is 1. The van der Waals surface area contributed by atoms with Gasteiger partial charge in [-0.15, -0.1) is 0 Å². The number of hydrogen-bond donors (Lipinski definition) is 1. The summed E-state index contributed by atoms with van der Waals surface area (Å²) >= 11 is 1.80. The van der Waals surface area contributed by atoms with Crippen LogP contribution in [0.4, 0.5) is 11.4 Å². The Morgan fingerprint density at radius 3 is 2.57 bits per heavy atom. The van der Waals surface area contributed by atoms with Gasteiger partial charge in [0.2, 0.25) is 0 Å². The first kappa shape index (κ1) is 10.9. The van der Waals surface area contributed by atoms with Crippen LogP contribution in [0, 0.1) is 13.7 Å². The number of hydrogen-bond acceptors (Lipinski definition) is 4. The van der Waals surface area contributed by atoms with Crippen LogP contribution in [0.5, 0.6) is 0 Å². The second-order valence-corrected chi connectivity index (χ2v) is 3.87. The maximum atomic E-state index is 11.0. The molecule has 1 aromatic carbocycles. The number of anilines is 1. The molecule has 1 aromatic rings. The van der Waals surface area contributed by atoms with Crippen LogP contribution >= 0.6 is 22.6 Å². The monoisotopic (exact) mass is 306 g/mol. The molecule has 0 saturated carbocycles. The first-order valence-corrected chi connectivity index (χ1v) is 4.75. The zero-order valence-corrected chi connectivity index (χ0v) is 9.44. The number of nitrogen functional groups attached to an aromatic ring is 1. The Hall–Kier alpha value is -1.18. The van der Waals surface area contributed by atoms with Crippen LogP contribution in [0.1, 0.15) is 17.3 Å². The molecular formula is C8H7IN2O3. The van der Waals surface area contributed by atoms with Gasteiger partial charge in [-0.05, 0) is 35.6 Å². The molecule has 0 atom stereocenters. The van der Waals surface area contributed by atoms with E-state index >= 15 is 0 Å². The highest BCUT2D eigenvalue weighted by Gasteiger charge is 2.16. The number of rotatable bonds is 2. The molecule has 0 aliphatic rings. The lowest BCUT2D eigenvalue weighted by Gasteiger charge is -2.02. The van der Waals surface area contributed by atoms with Gasteiger partial charge in [0.1, 0.15) is 0 Å². The minimum Gasteiger partial charge on any atom is -0.398 e. The molecule has 0 radical (unpaired) electrons. The van der Waals surface area contributed by atoms with Crippen molar-refractivity contribution in [1.29, 1.82) is 0 Å². The van der Waals surface area contributed by atoms with Gasteiger partial charge in [0.15, 0.2) is 5.78 Å². The van der Waals surface area contributed by atoms with Gasteiger partial charge in [-0.1, -0.05) is 0 Å². The van der Waals surface area contributed by atoms with Crippen molar-refractivity contribution in [2.24, 2.45) is 0 Å². The predicted octanol–water partition coefficient (Wildman–Crippen LogP) is 1.98. The zero-order chi connectivity index (χ0) is 10.9. The van der Waals surface area contributed by atoms with Crippen LogP contribution in [0.3, 0.4) is 0 Å². The fourth-order valence-corrected chi connectivity index (χ4v) is 1.69. The van der Waals surface area contributed by atoms with Gasteiger partial charge in [-0.25, -0.2) is 0 Å². The summed E-state index contributed by atoms with van der Waals surface area (Å²) in [4.78, 5) is 21.0. The maximum absolute atomic E-state index is 11.0. The number of halogens is 1. The van der Waals surface area contributed by atoms with Gasteiger partial charge in [0.25, 0.3) is 5.69 Å². The summed E-state index contributed by atoms with van der Waals surface area (Å²) in [6, 6.07) is 2.63. The summed E-state index contributed by atoms with van der Waals surface area (Å²) in [7, 11) is 0. The summed E-state index contributed by atoms with van der Waals surface area (Å²) in [5.74, 6) is -0.199. The van der Waals surface area contributed by atoms with Crippen molar-refractivity contribution >= 4 is 39.7 Å². The first-order valence-electron chi connectivity index (χ1n) is 3.68. The third-order valence-corrected chi connectivity index (χ3v) is 2.56. The first-order chi connectivity index (χ1) is 6.43. The Morgan fingerprint density at radius 1 is 1.57 bits per heavy atom. The van der Waals surface area contributed by atoms with Gasteiger partial charge in [0, 0.05) is 17.3 Å². The fourth-order valence-electron chi connectivity index (χ4n) is 1.02. The van der Waals surface area contributed by atoms with E-state index in [1.54, 1.807) is 22.6 Å². The number of carbonyl (C=O) groups excluding carboxylic acids is 1. The molecule has 0 saturated heterocycles. The van der Waals surface area contributed by atoms with Crippen molar-refractivity contribution in [3.05, 3.63) is 31.4 Å². The highest BCUT2D eigenvalue weighted by Crippen LogP contribution is 2.26. The average molecular weight is 306 g/mol. The van der Waals surface area contributed by atoms with E-state index in [1.165, 1.54) is 19.1 Å². The second-order valence-electron chi connectivity index (χ2n) is 2.70. The highest BCUT2D eigenvalue weighted by molar-refractivity contribution is 14.1. The van der Waals surface area contributed by atoms with Crippen LogP contribution in [0.25, 0.3) is 0 Å². The Balaban J connectivity index is 3.38. The predicted molar refractivity (Wildman–Crippen MR) is 60.2 cm³/mol. The largest absolute Gasteiger partial charge is 0.398 e. The number of nitro groups is 1. The maximum Gasteiger partial charge on any atom is 0.284 e. The molecule has 74 valence electrons. The molecule has 0 amide bonds. The highest BCUT2D eigenvalue weighted by atomic mass is 127. The summed E-state index contributed by atoms with van der Waals surface area (Å²) in [5.41, 5.74) is 5.89. The molecule has 6 heteroatoms. The minimum absolute atomic E-state index is 0.0758. The number of ketones is 1. The standard InChI is InChI=1S/C8H7IN2O3/c1-4(12)5-2-6(9)8(11(13)14)3-7(5)10/h2-3H,10H2,1H3. The van der Waals surface area contributed by atoms with Crippen molar-refractivity contribution in [2.45, 2.75) is 6.92 Å². The molecule has 2 N–H and O–H groups in total. The molecular weight excluding hydrogens is 299 g/mol. The SMILES string of the molecule is CC(=O)c1cc(I)c([N+](=O)[O-])cc1N. The van der Waals surface area contributed by atoms with E-state index in [1.807, 2.05) is 0 Å². The van der Waals surface area contributed by atoms with Crippen molar-refractivity contribution in [3.8, 4) is 0 Å². The number of carbonyl (C=O) groups is 1. The third-order valence-electron chi connectivity index (χ3n) is 1.69. The van der Waals surface area contributed by atoms with E-state index in [4.69, 9.17) is 5.73 Å². The molecule has 0 aliphatic carbocycles. The molecule has 0 fully saturated rings. The molecule has 5 nitrogen and oxygen atoms in total. The number of Topliss-reactive ketones (excluding diaryl/α,β-unsaturated/α-hetero) is 1. The summed E-state index contributed by atoms with van der Waals surface area (Å²) in [5, 5.41) is 10.5. The summed E-state index contributed by atoms with van der Waals surface area (Å²) in [6.07, 6.45) is 0. The van der Waals surface area contributed by atoms with Crippen LogP contribution in [-0.4, -0.2) is 10.7 Å². The summed E-state index contributed by atoms with van der Waals surface area (Å²) < 4.78 is 0.409. The van der Waals surface area contributed by atoms with Gasteiger partial charge < -0.3 is 5.73 Å². The van der Waals surface area contributed by atoms with E-state index in [0.29, 0.717) is 9.13 Å². The van der Waals surface area contributed by atoms with Crippen molar-refractivity contribution in [2.75, 3.05) is 5.73 Å². The molecule has 1 rings (SSSR count). The van der Waals surface area contributed by atoms with Gasteiger partial charge in [-0.2, -0.15) is 0 Å². The van der Waals surface area contributed by atoms with E-state index in [9.17, 15) is 14.9 Å². The van der Waals surface area contributed by atoms with Crippen molar-refractivity contribution < 1.29 is 9.72 Å². The molecule has 0 heterocycles. The normalized spacial score (nSPS) is 9.86. The lowest BCUT2D eigenvalue weighted by atomic mass is 10.1. The van der Waals surface area contributed by atoms with Gasteiger partial charge in [0.05, 0.1) is 8.49 Å². The van der Waals surface area contributed by atoms with Crippen LogP contribution < -0.4 is 5.73 Å². The van der Waals surface area contributed by atoms with E-state index < -0.39 is 4.92 Å². The Kier molecular flexibility index (Phi) is 3.04. The number of nitro benzene ring substituents is 1. The van der Waals surface area contributed by atoms with Crippen LogP contribution in [-0.2, 0) is 0 Å².